The van der Waals surface area contributed by atoms with E-state index in [0.29, 0.717) is 133 Å². The Balaban J connectivity index is 0.000000217. The van der Waals surface area contributed by atoms with Crippen LogP contribution in [-0.2, 0) is 48.4 Å². The molecule has 0 amide bonds. The van der Waals surface area contributed by atoms with Crippen molar-refractivity contribution in [2.24, 2.45) is 41.2 Å². The lowest BCUT2D eigenvalue weighted by Gasteiger charge is -2.39. The summed E-state index contributed by atoms with van der Waals surface area (Å²) in [6.45, 7) is 12.6. The van der Waals surface area contributed by atoms with E-state index < -0.39 is 37.4 Å². The second-order valence-electron chi connectivity index (χ2n) is 25.4. The first-order valence-corrected chi connectivity index (χ1v) is 43.1. The van der Waals surface area contributed by atoms with Crippen molar-refractivity contribution in [3.8, 4) is 12.4 Å². The minimum absolute atomic E-state index is 0.167. The first kappa shape index (κ1) is 98.3. The molecule has 5 fully saturated rings. The molecule has 0 radical (unpaired) electrons. The van der Waals surface area contributed by atoms with E-state index in [4.69, 9.17) is 90.4 Å². The molecule has 6 aliphatic rings. The van der Waals surface area contributed by atoms with Crippen LogP contribution in [0.4, 0.5) is 0 Å². The number of thiazole rings is 1. The molecule has 44 nitrogen and oxygen atoms in total. The smallest absolute Gasteiger partial charge is 0.276 e. The number of nitrogens with one attached hydrogen (secondary N) is 3. The molecule has 12 heterocycles. The summed E-state index contributed by atoms with van der Waals surface area (Å²) in [7, 11) is 5.30. The Morgan fingerprint density at radius 2 is 1.22 bits per heavy atom. The van der Waals surface area contributed by atoms with E-state index >= 15 is 0 Å². The first-order valence-electron chi connectivity index (χ1n) is 35.8. The van der Waals surface area contributed by atoms with Crippen LogP contribution >= 0.6 is 111 Å². The number of nitrogens with zero attached hydrogens (tertiary/aromatic N) is 28. The molecule has 12 rings (SSSR count). The number of aliphatic imine (C=N–C) groups is 2. The van der Waals surface area contributed by atoms with Crippen LogP contribution in [0.2, 0.25) is 30.2 Å². The molecule has 0 spiro atoms. The lowest BCUT2D eigenvalue weighted by atomic mass is 10.3. The summed E-state index contributed by atoms with van der Waals surface area (Å²) < 4.78 is 18.9. The van der Waals surface area contributed by atoms with Crippen molar-refractivity contribution in [2.45, 2.75) is 96.6 Å². The number of halogens is 6. The van der Waals surface area contributed by atoms with E-state index in [1.807, 2.05) is 77.1 Å². The molecule has 3 unspecified atom stereocenters. The Hall–Kier alpha value is -10.6. The fraction of sp³-hybridized carbons (Fsp3) is 0.439. The number of hydrazone groups is 5. The molecule has 6 aromatic rings. The lowest BCUT2D eigenvalue weighted by molar-refractivity contribution is -0.486. The number of amidine groups is 3. The third-order valence-electron chi connectivity index (χ3n) is 16.4. The van der Waals surface area contributed by atoms with Crippen molar-refractivity contribution >= 4 is 151 Å². The second-order valence-corrected chi connectivity index (χ2v) is 35.2. The van der Waals surface area contributed by atoms with Crippen molar-refractivity contribution in [1.82, 2.24) is 85.1 Å². The Bertz CT molecular complexity index is 4650. The van der Waals surface area contributed by atoms with Crippen molar-refractivity contribution in [3.05, 3.63) is 211 Å². The highest BCUT2D eigenvalue weighted by Crippen LogP contribution is 2.67. The van der Waals surface area contributed by atoms with Gasteiger partial charge in [-0.25, -0.2) is 80.5 Å². The van der Waals surface area contributed by atoms with Crippen LogP contribution in [-0.4, -0.2) is 239 Å². The van der Waals surface area contributed by atoms with Gasteiger partial charge in [0.05, 0.1) is 43.2 Å². The van der Waals surface area contributed by atoms with Gasteiger partial charge in [0.25, 0.3) is 24.4 Å². The van der Waals surface area contributed by atoms with Gasteiger partial charge in [0.1, 0.15) is 52.6 Å². The summed E-state index contributed by atoms with van der Waals surface area (Å²) in [5, 5.41) is 92.8. The number of thioether (sulfide) groups is 1. The fourth-order valence-electron chi connectivity index (χ4n) is 11.1. The van der Waals surface area contributed by atoms with E-state index in [1.54, 1.807) is 104 Å². The number of likely N-dealkylation sites (tertiary alicyclic amines) is 1. The third kappa shape index (κ3) is 35.4. The normalized spacial score (nSPS) is 17.9. The predicted octanol–water partition coefficient (Wildman–Crippen LogP) is 10.0. The maximum atomic E-state index is 13.0. The van der Waals surface area contributed by atoms with Gasteiger partial charge >= 0.3 is 0 Å². The molecule has 0 saturated carbocycles. The number of guanidine groups is 4. The van der Waals surface area contributed by atoms with Gasteiger partial charge < -0.3 is 55.2 Å². The van der Waals surface area contributed by atoms with Crippen LogP contribution in [0.25, 0.3) is 0 Å². The second kappa shape index (κ2) is 51.1. The largest absolute Gasteiger partial charge is 0.368 e. The summed E-state index contributed by atoms with van der Waals surface area (Å²) in [6, 6.07) is 17.8. The average Bonchev–Trinajstić information content (AvgIpc) is 1.65. The lowest BCUT2D eigenvalue weighted by Crippen LogP contribution is -2.55. The zero-order valence-corrected chi connectivity index (χ0v) is 73.1. The molecule has 5 saturated heterocycles. The highest BCUT2D eigenvalue weighted by molar-refractivity contribution is 8.57. The summed E-state index contributed by atoms with van der Waals surface area (Å²) in [5.41, 5.74) is 9.71. The summed E-state index contributed by atoms with van der Waals surface area (Å²) >= 11 is 38.2. The average molecular weight is 1860 g/mol. The topological polar surface area (TPSA) is 541 Å². The minimum Gasteiger partial charge on any atom is -0.368 e. The Morgan fingerprint density at radius 3 is 1.71 bits per heavy atom. The minimum atomic E-state index is -3.03. The maximum Gasteiger partial charge on any atom is 0.276 e. The molecule has 644 valence electrons. The Kier molecular flexibility index (Phi) is 41.9. The molecule has 0 aliphatic carbocycles. The van der Waals surface area contributed by atoms with Gasteiger partial charge in [-0.1, -0.05) is 137 Å². The van der Waals surface area contributed by atoms with Gasteiger partial charge in [-0.15, -0.1) is 11.3 Å². The number of pyridine rings is 5. The third-order valence-corrected chi connectivity index (χ3v) is 25.5. The maximum absolute atomic E-state index is 13.0. The number of nitrogens with two attached hydrogens (primary N) is 1. The molecular weight excluding hydrogens is 1770 g/mol. The van der Waals surface area contributed by atoms with E-state index in [0.717, 1.165) is 89.7 Å². The first-order chi connectivity index (χ1) is 57.2. The van der Waals surface area contributed by atoms with Crippen LogP contribution in [0.15, 0.2) is 133 Å². The fourth-order valence-corrected chi connectivity index (χ4v) is 19.4. The molecule has 0 aromatic carbocycles. The van der Waals surface area contributed by atoms with E-state index in [1.165, 1.54) is 39.4 Å². The van der Waals surface area contributed by atoms with E-state index in [2.05, 4.69) is 86.2 Å². The predicted molar refractivity (Wildman–Crippen MR) is 460 cm³/mol. The molecule has 5 N–H and O–H groups in total. The zero-order chi connectivity index (χ0) is 87.8. The van der Waals surface area contributed by atoms with Gasteiger partial charge in [0.15, 0.2) is 41.7 Å². The van der Waals surface area contributed by atoms with Crippen LogP contribution < -0.4 is 21.7 Å². The van der Waals surface area contributed by atoms with Gasteiger partial charge in [-0.3, -0.25) is 19.8 Å². The zero-order valence-electron chi connectivity index (χ0n) is 65.2. The molecule has 54 heteroatoms. The highest BCUT2D eigenvalue weighted by atomic mass is 35.5. The summed E-state index contributed by atoms with van der Waals surface area (Å²) in [4.78, 5) is 99.4. The molecule has 0 bridgehead atoms. The number of nitro groups is 5. The summed E-state index contributed by atoms with van der Waals surface area (Å²) in [5.74, 6) is 2.94. The van der Waals surface area contributed by atoms with Gasteiger partial charge in [-0.2, -0.15) is 15.5 Å². The van der Waals surface area contributed by atoms with Crippen molar-refractivity contribution in [1.29, 1.82) is 10.5 Å². The molecular formula is C66H83Cl6N32O12PS3. The van der Waals surface area contributed by atoms with Crippen LogP contribution in [0.5, 0.6) is 0 Å². The monoisotopic (exact) mass is 1850 g/mol. The van der Waals surface area contributed by atoms with E-state index in [-0.39, 0.29) is 23.0 Å². The van der Waals surface area contributed by atoms with Crippen LogP contribution in [0.3, 0.4) is 0 Å². The standard InChI is InChI=1S/C11H11ClN4.C10H10ClN5.C10H20N3O4PS.C9H13ClN6O2S.C9H10ClN5O2.C9H9ClN4O2S.C8H10ClN5O2/c12-10-4-3-9(6-14-10)7-16-5-1-2-11(16)15-8-13;11-9-2-1-8(5-14-9)6-16-4-3-13-10(16)15-7-12;1-4-8(3)19-18(16,17-5-2)9-6-7-11-10(9)12-13(14)15;1-13-5-14(2)9(12-16(17)18)15(6-13)4-7-3-11-8(10)19-7;10-8-2-1-7(5-12-8)6-14-4-3-11-9(14)13-15(16)17;10-8-2-1-7(5-11-8)6-13-3-4-17-9(13)12-14(15)16;1-13(8(10)12-14(15)16)5-6-2-3-7(9)11-4-6/h3-4,6H,1-2,5,7H2;1-2,5H,3-4,6H2,(H,13,15);8-9H,4-7H2,1-3H3,(H,11,12);3H,4-6H2,1-2H3;1-2,5H,3-4,6H2,(H,11,13);1-2,5H,3-4,6H2;2-4H,5H2,1H3,(H2,10,12)/b;;;12-9+;;12-9-;. The van der Waals surface area contributed by atoms with Gasteiger partial charge in [-0.05, 0) is 91.4 Å². The number of hydrogen-bond acceptors (Lipinski definition) is 28. The van der Waals surface area contributed by atoms with Gasteiger partial charge in [0, 0.05) is 146 Å². The van der Waals surface area contributed by atoms with Crippen LogP contribution in [0.1, 0.15) is 79.1 Å². The number of nitriles is 2. The van der Waals surface area contributed by atoms with Crippen molar-refractivity contribution < 1.29 is 34.3 Å². The summed E-state index contributed by atoms with van der Waals surface area (Å²) in [6.07, 6.45) is 17.1. The SMILES string of the molecule is CCOP(=O)(SC(C)CC)C1CCN/C1=N/[N+](=O)[O-].CN(Cc1ccc(Cl)nc1)/C(N)=N/[N+](=O)[O-].CN1CN(C)/C(=N\[N+](=O)[O-])N(Cc2cnc(Cl)s2)C1.N#CN=C1CCCN1Cc1ccc(Cl)nc1.N#CNC1=NCCN1Cc1ccc(Cl)nc1.O=[N+]([O-])/N=C1\NCCN1Cc1ccc(Cl)nc1.O=[N+]([O-])/N=C1\SCCN1Cc1ccc(Cl)nc1. The Morgan fingerprint density at radius 1 is 0.675 bits per heavy atom. The molecule has 3 atom stereocenters. The van der Waals surface area contributed by atoms with Crippen molar-refractivity contribution in [2.75, 3.05) is 92.7 Å². The Labute approximate surface area is 730 Å². The van der Waals surface area contributed by atoms with Crippen LogP contribution in [0, 0.1) is 73.5 Å². The molecule has 6 aliphatic heterocycles. The molecule has 120 heavy (non-hydrogen) atoms. The quantitative estimate of drug-likeness (QED) is 0.00677. The van der Waals surface area contributed by atoms with E-state index in [9.17, 15) is 55.1 Å². The molecule has 6 aromatic heterocycles. The number of aromatic nitrogens is 6. The number of rotatable bonds is 23. The van der Waals surface area contributed by atoms with Crippen molar-refractivity contribution in [3.63, 3.8) is 0 Å². The number of hydrogen-bond donors (Lipinski definition) is 4. The van der Waals surface area contributed by atoms with Gasteiger partial charge in [0.2, 0.25) is 17.3 Å². The highest BCUT2D eigenvalue weighted by Gasteiger charge is 2.44.